The van der Waals surface area contributed by atoms with E-state index in [1.54, 1.807) is 12.5 Å². The molecule has 1 fully saturated rings. The Kier molecular flexibility index (Phi) is 5.98. The molecule has 0 bridgehead atoms. The Balaban J connectivity index is 1.34. The van der Waals surface area contributed by atoms with Crippen molar-refractivity contribution in [3.8, 4) is 5.69 Å². The van der Waals surface area contributed by atoms with Crippen molar-refractivity contribution < 1.29 is 4.79 Å². The van der Waals surface area contributed by atoms with E-state index in [-0.39, 0.29) is 11.8 Å². The zero-order valence-electron chi connectivity index (χ0n) is 18.8. The van der Waals surface area contributed by atoms with Crippen molar-refractivity contribution >= 4 is 5.91 Å². The summed E-state index contributed by atoms with van der Waals surface area (Å²) in [7, 11) is 0. The topological polar surface area (TPSA) is 63.9 Å². The van der Waals surface area contributed by atoms with Crippen molar-refractivity contribution in [1.82, 2.24) is 24.4 Å². The lowest BCUT2D eigenvalue weighted by atomic mass is 9.90. The van der Waals surface area contributed by atoms with Gasteiger partial charge < -0.3 is 9.47 Å². The van der Waals surface area contributed by atoms with Crippen LogP contribution in [-0.2, 0) is 6.42 Å². The van der Waals surface area contributed by atoms with Gasteiger partial charge in [-0.15, -0.1) is 0 Å². The maximum atomic E-state index is 13.3. The molecule has 0 spiro atoms. The molecule has 5 rings (SSSR count). The Morgan fingerprint density at radius 1 is 1.09 bits per heavy atom. The fraction of sp³-hybridized carbons (Fsp3) is 0.259. The number of likely N-dealkylation sites (tertiary alicyclic amines) is 1. The van der Waals surface area contributed by atoms with E-state index in [4.69, 9.17) is 4.98 Å². The van der Waals surface area contributed by atoms with Crippen LogP contribution in [-0.4, -0.2) is 43.4 Å². The van der Waals surface area contributed by atoms with Crippen molar-refractivity contribution in [2.24, 2.45) is 0 Å². The highest BCUT2D eigenvalue weighted by Crippen LogP contribution is 2.30. The molecule has 4 aromatic rings. The second kappa shape index (κ2) is 9.36. The number of carbonyl (C=O) groups is 1. The molecule has 1 atom stereocenters. The molecule has 0 aliphatic carbocycles. The molecule has 1 aliphatic rings. The van der Waals surface area contributed by atoms with Gasteiger partial charge in [0.25, 0.3) is 5.91 Å². The third-order valence-corrected chi connectivity index (χ3v) is 6.27. The molecule has 2 aromatic carbocycles. The maximum absolute atomic E-state index is 13.3. The predicted molar refractivity (Wildman–Crippen MR) is 127 cm³/mol. The van der Waals surface area contributed by atoms with E-state index >= 15 is 0 Å². The van der Waals surface area contributed by atoms with Gasteiger partial charge in [0.15, 0.2) is 0 Å². The van der Waals surface area contributed by atoms with Crippen LogP contribution in [0, 0.1) is 6.92 Å². The van der Waals surface area contributed by atoms with E-state index in [0.29, 0.717) is 12.1 Å². The number of hydrogen-bond donors (Lipinski definition) is 0. The van der Waals surface area contributed by atoms with Gasteiger partial charge in [-0.2, -0.15) is 0 Å². The first-order valence-corrected chi connectivity index (χ1v) is 11.4. The minimum Gasteiger partial charge on any atom is -0.338 e. The van der Waals surface area contributed by atoms with Gasteiger partial charge in [0.05, 0.1) is 12.0 Å². The molecule has 3 heterocycles. The van der Waals surface area contributed by atoms with Crippen LogP contribution in [0.3, 0.4) is 0 Å². The maximum Gasteiger partial charge on any atom is 0.253 e. The van der Waals surface area contributed by atoms with E-state index in [1.807, 2.05) is 59.1 Å². The number of carbonyl (C=O) groups excluding carboxylic acids is 1. The third-order valence-electron chi connectivity index (χ3n) is 6.27. The molecule has 2 aromatic heterocycles. The van der Waals surface area contributed by atoms with Gasteiger partial charge in [-0.05, 0) is 55.2 Å². The molecule has 1 aliphatic heterocycles. The zero-order valence-corrected chi connectivity index (χ0v) is 18.8. The van der Waals surface area contributed by atoms with Crippen molar-refractivity contribution in [3.63, 3.8) is 0 Å². The number of rotatable bonds is 5. The van der Waals surface area contributed by atoms with Crippen LogP contribution in [0.2, 0.25) is 0 Å². The average Bonchev–Trinajstić information content (AvgIpc) is 3.41. The number of aryl methyl sites for hydroxylation is 1. The molecule has 166 valence electrons. The van der Waals surface area contributed by atoms with Crippen LogP contribution < -0.4 is 0 Å². The third kappa shape index (κ3) is 4.70. The molecule has 6 heteroatoms. The molecule has 0 saturated carbocycles. The summed E-state index contributed by atoms with van der Waals surface area (Å²) in [5.41, 5.74) is 5.17. The Morgan fingerprint density at radius 2 is 1.91 bits per heavy atom. The standard InChI is InChI=1S/C27H27N5O/c1-20-29-17-24(16-21-6-3-2-4-7-21)26(30-20)23-8-5-14-31(18-23)27(33)22-9-11-25(12-10-22)32-15-13-28-19-32/h2-4,6-7,9-13,15,17,19,23H,5,8,14,16,18H2,1H3/t23-/m1/s1. The van der Waals surface area contributed by atoms with Gasteiger partial charge in [-0.25, -0.2) is 15.0 Å². The average molecular weight is 438 g/mol. The Labute approximate surface area is 194 Å². The summed E-state index contributed by atoms with van der Waals surface area (Å²) in [6, 6.07) is 18.1. The second-order valence-electron chi connectivity index (χ2n) is 8.60. The number of hydrogen-bond acceptors (Lipinski definition) is 4. The number of imidazole rings is 1. The van der Waals surface area contributed by atoms with Gasteiger partial charge >= 0.3 is 0 Å². The highest BCUT2D eigenvalue weighted by Gasteiger charge is 2.28. The molecule has 1 saturated heterocycles. The minimum absolute atomic E-state index is 0.0762. The summed E-state index contributed by atoms with van der Waals surface area (Å²) < 4.78 is 1.93. The summed E-state index contributed by atoms with van der Waals surface area (Å²) in [5, 5.41) is 0. The first kappa shape index (κ1) is 21.1. The lowest BCUT2D eigenvalue weighted by molar-refractivity contribution is 0.0705. The summed E-state index contributed by atoms with van der Waals surface area (Å²) in [5.74, 6) is 1.07. The highest BCUT2D eigenvalue weighted by molar-refractivity contribution is 5.94. The van der Waals surface area contributed by atoms with Crippen LogP contribution in [0.1, 0.15) is 51.8 Å². The van der Waals surface area contributed by atoms with E-state index in [0.717, 1.165) is 48.6 Å². The SMILES string of the molecule is Cc1ncc(Cc2ccccc2)c([C@@H]2CCCN(C(=O)c3ccc(-n4ccnc4)cc3)C2)n1. The van der Waals surface area contributed by atoms with E-state index in [2.05, 4.69) is 34.2 Å². The lowest BCUT2D eigenvalue weighted by Gasteiger charge is -2.33. The van der Waals surface area contributed by atoms with Crippen molar-refractivity contribution in [2.45, 2.75) is 32.1 Å². The molecule has 0 unspecified atom stereocenters. The fourth-order valence-corrected chi connectivity index (χ4v) is 4.57. The fourth-order valence-electron chi connectivity index (χ4n) is 4.57. The molecular weight excluding hydrogens is 410 g/mol. The van der Waals surface area contributed by atoms with Crippen molar-refractivity contribution in [1.29, 1.82) is 0 Å². The van der Waals surface area contributed by atoms with Crippen LogP contribution in [0.25, 0.3) is 5.69 Å². The van der Waals surface area contributed by atoms with Crippen LogP contribution >= 0.6 is 0 Å². The van der Waals surface area contributed by atoms with E-state index in [1.165, 1.54) is 5.56 Å². The van der Waals surface area contributed by atoms with Crippen LogP contribution in [0.4, 0.5) is 0 Å². The summed E-state index contributed by atoms with van der Waals surface area (Å²) in [6.07, 6.45) is 10.1. The Morgan fingerprint density at radius 3 is 2.67 bits per heavy atom. The first-order valence-electron chi connectivity index (χ1n) is 11.4. The number of aromatic nitrogens is 4. The number of benzene rings is 2. The number of piperidine rings is 1. The van der Waals surface area contributed by atoms with Gasteiger partial charge in [0.1, 0.15) is 5.82 Å². The van der Waals surface area contributed by atoms with E-state index in [9.17, 15) is 4.79 Å². The molecule has 1 amide bonds. The highest BCUT2D eigenvalue weighted by atomic mass is 16.2. The van der Waals surface area contributed by atoms with Gasteiger partial charge in [-0.3, -0.25) is 4.79 Å². The normalized spacial score (nSPS) is 16.0. The molecule has 0 N–H and O–H groups in total. The van der Waals surface area contributed by atoms with E-state index < -0.39 is 0 Å². The number of nitrogens with zero attached hydrogens (tertiary/aromatic N) is 5. The van der Waals surface area contributed by atoms with Crippen molar-refractivity contribution in [3.05, 3.63) is 108 Å². The van der Waals surface area contributed by atoms with Crippen LogP contribution in [0.5, 0.6) is 0 Å². The quantitative estimate of drug-likeness (QED) is 0.458. The minimum atomic E-state index is 0.0762. The van der Waals surface area contributed by atoms with Gasteiger partial charge in [-0.1, -0.05) is 30.3 Å². The number of amides is 1. The molecule has 33 heavy (non-hydrogen) atoms. The summed E-state index contributed by atoms with van der Waals surface area (Å²) in [4.78, 5) is 28.7. The molecule has 6 nitrogen and oxygen atoms in total. The predicted octanol–water partition coefficient (Wildman–Crippen LogP) is 4.58. The Bertz CT molecular complexity index is 1220. The van der Waals surface area contributed by atoms with Gasteiger partial charge in [0.2, 0.25) is 0 Å². The van der Waals surface area contributed by atoms with Gasteiger partial charge in [0, 0.05) is 55.3 Å². The smallest absolute Gasteiger partial charge is 0.253 e. The largest absolute Gasteiger partial charge is 0.338 e. The summed E-state index contributed by atoms with van der Waals surface area (Å²) >= 11 is 0. The monoisotopic (exact) mass is 437 g/mol. The zero-order chi connectivity index (χ0) is 22.6. The Hall–Kier alpha value is -3.80. The first-order chi connectivity index (χ1) is 16.2. The lowest BCUT2D eigenvalue weighted by Crippen LogP contribution is -2.39. The molecule has 0 radical (unpaired) electrons. The molecular formula is C27H27N5O. The summed E-state index contributed by atoms with van der Waals surface area (Å²) in [6.45, 7) is 3.39. The second-order valence-corrected chi connectivity index (χ2v) is 8.60. The van der Waals surface area contributed by atoms with Crippen LogP contribution in [0.15, 0.2) is 79.5 Å². The van der Waals surface area contributed by atoms with Crippen molar-refractivity contribution in [2.75, 3.05) is 13.1 Å².